The number of carbonyl (C=O) groups is 2. The molecule has 1 unspecified atom stereocenters. The number of piperidine rings is 1. The van der Waals surface area contributed by atoms with E-state index in [1.807, 2.05) is 24.0 Å². The number of amides is 2. The molecule has 1 aromatic rings. The molecule has 0 radical (unpaired) electrons. The van der Waals surface area contributed by atoms with Gasteiger partial charge in [0.2, 0.25) is 11.8 Å². The summed E-state index contributed by atoms with van der Waals surface area (Å²) in [6, 6.07) is 8.27. The highest BCUT2D eigenvalue weighted by Crippen LogP contribution is 2.24. The molecule has 0 spiro atoms. The Labute approximate surface area is 163 Å². The zero-order valence-corrected chi connectivity index (χ0v) is 17.2. The Balaban J connectivity index is 1.70. The zero-order chi connectivity index (χ0) is 19.9. The van der Waals surface area contributed by atoms with E-state index in [0.29, 0.717) is 32.4 Å². The van der Waals surface area contributed by atoms with Gasteiger partial charge in [-0.3, -0.25) is 9.59 Å². The molecule has 150 valence electrons. The van der Waals surface area contributed by atoms with Gasteiger partial charge in [-0.15, -0.1) is 0 Å². The van der Waals surface area contributed by atoms with Gasteiger partial charge in [-0.25, -0.2) is 0 Å². The number of benzene rings is 1. The molecule has 0 bridgehead atoms. The molecule has 5 heteroatoms. The molecule has 0 saturated carbocycles. The summed E-state index contributed by atoms with van der Waals surface area (Å²) >= 11 is 0. The van der Waals surface area contributed by atoms with Gasteiger partial charge in [-0.1, -0.05) is 39.8 Å². The van der Waals surface area contributed by atoms with E-state index in [9.17, 15) is 9.59 Å². The van der Waals surface area contributed by atoms with E-state index in [4.69, 9.17) is 4.74 Å². The number of hydrogen-bond acceptors (Lipinski definition) is 3. The maximum Gasteiger partial charge on any atom is 0.222 e. The van der Waals surface area contributed by atoms with Gasteiger partial charge < -0.3 is 15.0 Å². The molecule has 1 saturated heterocycles. The minimum absolute atomic E-state index is 0.0557. The van der Waals surface area contributed by atoms with Crippen LogP contribution < -0.4 is 10.1 Å². The Morgan fingerprint density at radius 2 is 1.93 bits per heavy atom. The van der Waals surface area contributed by atoms with Gasteiger partial charge in [0, 0.05) is 32.0 Å². The van der Waals surface area contributed by atoms with Gasteiger partial charge in [0.15, 0.2) is 0 Å². The highest BCUT2D eigenvalue weighted by molar-refractivity contribution is 5.77. The van der Waals surface area contributed by atoms with Crippen LogP contribution in [0, 0.1) is 0 Å². The Morgan fingerprint density at radius 1 is 1.22 bits per heavy atom. The molecule has 1 N–H and O–H groups in total. The molecule has 1 fully saturated rings. The van der Waals surface area contributed by atoms with Crippen LogP contribution in [0.1, 0.15) is 65.4 Å². The van der Waals surface area contributed by atoms with Crippen LogP contribution in [0.15, 0.2) is 24.3 Å². The van der Waals surface area contributed by atoms with Gasteiger partial charge >= 0.3 is 0 Å². The second-order valence-electron chi connectivity index (χ2n) is 8.33. The fourth-order valence-corrected chi connectivity index (χ4v) is 3.27. The molecule has 5 nitrogen and oxygen atoms in total. The summed E-state index contributed by atoms with van der Waals surface area (Å²) < 4.78 is 5.77. The minimum atomic E-state index is 0.0557. The SMILES string of the molecule is CCC(=O)NC1CCCN(C(=O)CCCOc2ccc(C(C)(C)C)cc2)C1. The van der Waals surface area contributed by atoms with E-state index < -0.39 is 0 Å². The van der Waals surface area contributed by atoms with Crippen LogP contribution in [0.25, 0.3) is 0 Å². The number of ether oxygens (including phenoxy) is 1. The summed E-state index contributed by atoms with van der Waals surface area (Å²) in [5, 5.41) is 3.00. The number of likely N-dealkylation sites (tertiary alicyclic amines) is 1. The molecule has 1 aliphatic rings. The zero-order valence-electron chi connectivity index (χ0n) is 17.2. The predicted molar refractivity (Wildman–Crippen MR) is 108 cm³/mol. The maximum atomic E-state index is 12.4. The molecule has 27 heavy (non-hydrogen) atoms. The first-order valence-corrected chi connectivity index (χ1v) is 10.1. The third-order valence-electron chi connectivity index (χ3n) is 4.98. The first-order chi connectivity index (χ1) is 12.8. The van der Waals surface area contributed by atoms with E-state index >= 15 is 0 Å². The molecule has 1 aliphatic heterocycles. The minimum Gasteiger partial charge on any atom is -0.494 e. The number of nitrogens with one attached hydrogen (secondary N) is 1. The first-order valence-electron chi connectivity index (χ1n) is 10.1. The topological polar surface area (TPSA) is 58.6 Å². The van der Waals surface area contributed by atoms with Crippen molar-refractivity contribution in [1.29, 1.82) is 0 Å². The van der Waals surface area contributed by atoms with Crippen LogP contribution in [0.5, 0.6) is 5.75 Å². The molecular weight excluding hydrogens is 340 g/mol. The van der Waals surface area contributed by atoms with Gasteiger partial charge in [0.25, 0.3) is 0 Å². The molecule has 1 atom stereocenters. The summed E-state index contributed by atoms with van der Waals surface area (Å²) in [4.78, 5) is 25.8. The van der Waals surface area contributed by atoms with Gasteiger partial charge in [-0.2, -0.15) is 0 Å². The lowest BCUT2D eigenvalue weighted by Crippen LogP contribution is -2.49. The fourth-order valence-electron chi connectivity index (χ4n) is 3.27. The van der Waals surface area contributed by atoms with Gasteiger partial charge in [-0.05, 0) is 42.4 Å². The monoisotopic (exact) mass is 374 g/mol. The lowest BCUT2D eigenvalue weighted by Gasteiger charge is -2.33. The maximum absolute atomic E-state index is 12.4. The van der Waals surface area contributed by atoms with Crippen LogP contribution in [-0.2, 0) is 15.0 Å². The van der Waals surface area contributed by atoms with E-state index in [-0.39, 0.29) is 23.3 Å². The Morgan fingerprint density at radius 3 is 2.56 bits per heavy atom. The smallest absolute Gasteiger partial charge is 0.222 e. The second-order valence-corrected chi connectivity index (χ2v) is 8.33. The number of rotatable bonds is 7. The predicted octanol–water partition coefficient (Wildman–Crippen LogP) is 3.66. The quantitative estimate of drug-likeness (QED) is 0.741. The summed E-state index contributed by atoms with van der Waals surface area (Å²) in [5.41, 5.74) is 1.41. The summed E-state index contributed by atoms with van der Waals surface area (Å²) in [7, 11) is 0. The largest absolute Gasteiger partial charge is 0.494 e. The van der Waals surface area contributed by atoms with E-state index in [0.717, 1.165) is 25.1 Å². The summed E-state index contributed by atoms with van der Waals surface area (Å²) in [5.74, 6) is 1.05. The second kappa shape index (κ2) is 9.77. The van der Waals surface area contributed by atoms with Crippen molar-refractivity contribution in [3.05, 3.63) is 29.8 Å². The lowest BCUT2D eigenvalue weighted by atomic mass is 9.87. The van der Waals surface area contributed by atoms with Crippen LogP contribution >= 0.6 is 0 Å². The highest BCUT2D eigenvalue weighted by Gasteiger charge is 2.24. The number of hydrogen-bond donors (Lipinski definition) is 1. The number of carbonyl (C=O) groups excluding carboxylic acids is 2. The summed E-state index contributed by atoms with van der Waals surface area (Å²) in [6.07, 6.45) is 3.55. The van der Waals surface area contributed by atoms with Crippen LogP contribution in [0.4, 0.5) is 0 Å². The van der Waals surface area contributed by atoms with Crippen LogP contribution in [0.3, 0.4) is 0 Å². The van der Waals surface area contributed by atoms with Crippen molar-refractivity contribution < 1.29 is 14.3 Å². The van der Waals surface area contributed by atoms with Crippen molar-refractivity contribution in [3.8, 4) is 5.75 Å². The van der Waals surface area contributed by atoms with Gasteiger partial charge in [0.05, 0.1) is 6.61 Å². The Kier molecular flexibility index (Phi) is 7.69. The van der Waals surface area contributed by atoms with Crippen molar-refractivity contribution >= 4 is 11.8 Å². The fraction of sp³-hybridized carbons (Fsp3) is 0.636. The van der Waals surface area contributed by atoms with Crippen LogP contribution in [0.2, 0.25) is 0 Å². The van der Waals surface area contributed by atoms with E-state index in [2.05, 4.69) is 38.2 Å². The highest BCUT2D eigenvalue weighted by atomic mass is 16.5. The molecule has 1 aromatic carbocycles. The van der Waals surface area contributed by atoms with E-state index in [1.54, 1.807) is 0 Å². The van der Waals surface area contributed by atoms with Crippen molar-refractivity contribution in [2.75, 3.05) is 19.7 Å². The normalized spacial score (nSPS) is 17.5. The third-order valence-corrected chi connectivity index (χ3v) is 4.98. The van der Waals surface area contributed by atoms with Crippen molar-refractivity contribution in [3.63, 3.8) is 0 Å². The first kappa shape index (κ1) is 21.3. The van der Waals surface area contributed by atoms with E-state index in [1.165, 1.54) is 5.56 Å². The van der Waals surface area contributed by atoms with Gasteiger partial charge in [0.1, 0.15) is 5.75 Å². The van der Waals surface area contributed by atoms with Crippen LogP contribution in [-0.4, -0.2) is 42.5 Å². The average Bonchev–Trinajstić information content (AvgIpc) is 2.65. The molecule has 2 amide bonds. The molecular formula is C22H34N2O3. The average molecular weight is 375 g/mol. The summed E-state index contributed by atoms with van der Waals surface area (Å²) in [6.45, 7) is 10.3. The molecule has 1 heterocycles. The lowest BCUT2D eigenvalue weighted by molar-refractivity contribution is -0.133. The molecule has 0 aliphatic carbocycles. The Bertz CT molecular complexity index is 619. The van der Waals surface area contributed by atoms with Crippen molar-refractivity contribution in [1.82, 2.24) is 10.2 Å². The third kappa shape index (κ3) is 6.89. The molecule has 2 rings (SSSR count). The standard InChI is InChI=1S/C22H34N2O3/c1-5-20(25)23-18-8-6-14-24(16-18)21(26)9-7-15-27-19-12-10-17(11-13-19)22(2,3)4/h10-13,18H,5-9,14-16H2,1-4H3,(H,23,25). The van der Waals surface area contributed by atoms with Crippen molar-refractivity contribution in [2.45, 2.75) is 71.3 Å². The van der Waals surface area contributed by atoms with Crippen molar-refractivity contribution in [2.24, 2.45) is 0 Å². The molecule has 0 aromatic heterocycles. The Hall–Kier alpha value is -2.04. The number of nitrogens with zero attached hydrogens (tertiary/aromatic N) is 1.